The summed E-state index contributed by atoms with van der Waals surface area (Å²) < 4.78 is 0. The van der Waals surface area contributed by atoms with Crippen molar-refractivity contribution in [2.75, 3.05) is 26.2 Å². The fourth-order valence-electron chi connectivity index (χ4n) is 4.12. The van der Waals surface area contributed by atoms with Crippen LogP contribution in [0.5, 0.6) is 0 Å². The number of carbonyl (C=O) groups excluding carboxylic acids is 2. The highest BCUT2D eigenvalue weighted by Crippen LogP contribution is 2.52. The topological polar surface area (TPSA) is 73.8 Å². The first-order valence-electron chi connectivity index (χ1n) is 7.81. The zero-order valence-electron chi connectivity index (χ0n) is 11.9. The standard InChI is InChI=1S/C15H20N4O2/c20-13-11-9-2-3-10(8-9)12(11)14(21)19(13)7-6-18-15-16-4-1-5-17-15/h2-3,9-12H,1,4-8H2,(H2,16,17,18). The Kier molecular flexibility index (Phi) is 2.97. The van der Waals surface area contributed by atoms with Gasteiger partial charge in [-0.25, -0.2) is 0 Å². The number of nitrogens with zero attached hydrogens (tertiary/aromatic N) is 2. The lowest BCUT2D eigenvalue weighted by Gasteiger charge is -2.20. The maximum Gasteiger partial charge on any atom is 0.233 e. The van der Waals surface area contributed by atoms with E-state index in [-0.39, 0.29) is 23.7 Å². The fraction of sp³-hybridized carbons (Fsp3) is 0.667. The molecule has 0 radical (unpaired) electrons. The van der Waals surface area contributed by atoms with E-state index in [0.29, 0.717) is 24.9 Å². The van der Waals surface area contributed by atoms with Crippen LogP contribution < -0.4 is 10.6 Å². The van der Waals surface area contributed by atoms with E-state index in [2.05, 4.69) is 27.8 Å². The number of guanidine groups is 1. The molecule has 2 aliphatic heterocycles. The van der Waals surface area contributed by atoms with Crippen LogP contribution in [-0.2, 0) is 9.59 Å². The fourth-order valence-corrected chi connectivity index (χ4v) is 4.12. The van der Waals surface area contributed by atoms with Gasteiger partial charge in [0.1, 0.15) is 0 Å². The van der Waals surface area contributed by atoms with Crippen molar-refractivity contribution in [1.82, 2.24) is 15.5 Å². The van der Waals surface area contributed by atoms with Crippen LogP contribution >= 0.6 is 0 Å². The molecular formula is C15H20N4O2. The van der Waals surface area contributed by atoms with E-state index in [4.69, 9.17) is 0 Å². The Labute approximate surface area is 123 Å². The molecule has 4 unspecified atom stereocenters. The van der Waals surface area contributed by atoms with Gasteiger partial charge in [-0.05, 0) is 24.7 Å². The van der Waals surface area contributed by atoms with Gasteiger partial charge in [0, 0.05) is 26.2 Å². The molecule has 2 amide bonds. The number of hydrogen-bond donors (Lipinski definition) is 2. The molecule has 6 heteroatoms. The molecule has 2 aliphatic carbocycles. The quantitative estimate of drug-likeness (QED) is 0.554. The van der Waals surface area contributed by atoms with Gasteiger partial charge in [-0.15, -0.1) is 0 Å². The van der Waals surface area contributed by atoms with E-state index < -0.39 is 0 Å². The van der Waals surface area contributed by atoms with Crippen molar-refractivity contribution in [2.45, 2.75) is 12.8 Å². The zero-order valence-corrected chi connectivity index (χ0v) is 11.9. The van der Waals surface area contributed by atoms with Gasteiger partial charge in [-0.2, -0.15) is 0 Å². The molecule has 6 nitrogen and oxygen atoms in total. The molecule has 0 spiro atoms. The van der Waals surface area contributed by atoms with Crippen LogP contribution in [0.1, 0.15) is 12.8 Å². The molecule has 2 fully saturated rings. The van der Waals surface area contributed by atoms with Crippen molar-refractivity contribution >= 4 is 17.8 Å². The molecule has 1 saturated carbocycles. The third-order valence-electron chi connectivity index (χ3n) is 5.09. The number of amides is 2. The molecular weight excluding hydrogens is 268 g/mol. The maximum absolute atomic E-state index is 12.5. The van der Waals surface area contributed by atoms with Crippen molar-refractivity contribution < 1.29 is 9.59 Å². The number of likely N-dealkylation sites (tertiary alicyclic amines) is 1. The van der Waals surface area contributed by atoms with E-state index >= 15 is 0 Å². The maximum atomic E-state index is 12.5. The number of fused-ring (bicyclic) bond motifs is 5. The average Bonchev–Trinajstić information content (AvgIpc) is 3.17. The second-order valence-corrected chi connectivity index (χ2v) is 6.27. The number of rotatable bonds is 3. The first-order chi connectivity index (χ1) is 10.3. The van der Waals surface area contributed by atoms with Gasteiger partial charge in [0.25, 0.3) is 0 Å². The Morgan fingerprint density at radius 3 is 2.57 bits per heavy atom. The van der Waals surface area contributed by atoms with Crippen LogP contribution in [0.4, 0.5) is 0 Å². The lowest BCUT2D eigenvalue weighted by atomic mass is 9.85. The van der Waals surface area contributed by atoms with Crippen molar-refractivity contribution in [1.29, 1.82) is 0 Å². The summed E-state index contributed by atoms with van der Waals surface area (Å²) in [7, 11) is 0. The number of allylic oxidation sites excluding steroid dienone is 2. The molecule has 0 aromatic carbocycles. The van der Waals surface area contributed by atoms with Crippen LogP contribution in [-0.4, -0.2) is 48.9 Å². The summed E-state index contributed by atoms with van der Waals surface area (Å²) in [6.45, 7) is 2.75. The van der Waals surface area contributed by atoms with Gasteiger partial charge in [0.15, 0.2) is 5.96 Å². The minimum absolute atomic E-state index is 0.0298. The van der Waals surface area contributed by atoms with Crippen molar-refractivity contribution in [3.05, 3.63) is 12.2 Å². The molecule has 1 saturated heterocycles. The highest BCUT2D eigenvalue weighted by molar-refractivity contribution is 6.06. The van der Waals surface area contributed by atoms with Crippen LogP contribution in [0.2, 0.25) is 0 Å². The third kappa shape index (κ3) is 1.96. The monoisotopic (exact) mass is 288 g/mol. The number of nitrogens with one attached hydrogen (secondary N) is 2. The van der Waals surface area contributed by atoms with Crippen molar-refractivity contribution in [3.8, 4) is 0 Å². The summed E-state index contributed by atoms with van der Waals surface area (Å²) in [6.07, 6.45) is 6.28. The molecule has 4 atom stereocenters. The lowest BCUT2D eigenvalue weighted by Crippen LogP contribution is -2.45. The van der Waals surface area contributed by atoms with Crippen molar-refractivity contribution in [2.24, 2.45) is 28.7 Å². The number of imide groups is 1. The summed E-state index contributed by atoms with van der Waals surface area (Å²) in [5.41, 5.74) is 0. The van der Waals surface area contributed by atoms with Crippen LogP contribution in [0.15, 0.2) is 17.1 Å². The Morgan fingerprint density at radius 2 is 1.95 bits per heavy atom. The molecule has 2 bridgehead atoms. The Bertz CT molecular complexity index is 512. The summed E-state index contributed by atoms with van der Waals surface area (Å²) in [6, 6.07) is 0. The summed E-state index contributed by atoms with van der Waals surface area (Å²) in [5, 5.41) is 6.34. The highest BCUT2D eigenvalue weighted by atomic mass is 16.2. The minimum atomic E-state index is -0.0855. The predicted molar refractivity (Wildman–Crippen MR) is 77.4 cm³/mol. The molecule has 2 heterocycles. The van der Waals surface area contributed by atoms with E-state index in [1.165, 1.54) is 4.90 Å². The average molecular weight is 288 g/mol. The van der Waals surface area contributed by atoms with Crippen LogP contribution in [0, 0.1) is 23.7 Å². The van der Waals surface area contributed by atoms with Gasteiger partial charge < -0.3 is 10.6 Å². The smallest absolute Gasteiger partial charge is 0.233 e. The Balaban J connectivity index is 1.37. The SMILES string of the molecule is O=C1C2C3C=CC(C3)C2C(=O)N1CCNC1=NCCCN1. The van der Waals surface area contributed by atoms with E-state index in [1.807, 2.05) is 0 Å². The number of carbonyl (C=O) groups is 2. The molecule has 0 aromatic heterocycles. The summed E-state index contributed by atoms with van der Waals surface area (Å²) in [4.78, 5) is 30.7. The second kappa shape index (κ2) is 4.86. The molecule has 4 aliphatic rings. The molecule has 0 aromatic rings. The van der Waals surface area contributed by atoms with Crippen LogP contribution in [0.25, 0.3) is 0 Å². The largest absolute Gasteiger partial charge is 0.356 e. The Morgan fingerprint density at radius 1 is 1.24 bits per heavy atom. The van der Waals surface area contributed by atoms with Gasteiger partial charge in [0.05, 0.1) is 11.8 Å². The first kappa shape index (κ1) is 12.9. The van der Waals surface area contributed by atoms with Crippen molar-refractivity contribution in [3.63, 3.8) is 0 Å². The molecule has 2 N–H and O–H groups in total. The third-order valence-corrected chi connectivity index (χ3v) is 5.09. The molecule has 4 rings (SSSR count). The van der Waals surface area contributed by atoms with Crippen LogP contribution in [0.3, 0.4) is 0 Å². The summed E-state index contributed by atoms with van der Waals surface area (Å²) in [5.74, 6) is 1.25. The highest BCUT2D eigenvalue weighted by Gasteiger charge is 2.58. The van der Waals surface area contributed by atoms with Gasteiger partial charge in [0.2, 0.25) is 11.8 Å². The second-order valence-electron chi connectivity index (χ2n) is 6.27. The van der Waals surface area contributed by atoms with Gasteiger partial charge in [-0.3, -0.25) is 19.5 Å². The molecule has 112 valence electrons. The number of hydrogen-bond acceptors (Lipinski definition) is 5. The zero-order chi connectivity index (χ0) is 14.4. The van der Waals surface area contributed by atoms with Gasteiger partial charge in [-0.1, -0.05) is 12.2 Å². The Hall–Kier alpha value is -1.85. The normalized spacial score (nSPS) is 36.8. The minimum Gasteiger partial charge on any atom is -0.356 e. The van der Waals surface area contributed by atoms with E-state index in [0.717, 1.165) is 31.9 Å². The number of aliphatic imine (C=N–C) groups is 1. The first-order valence-corrected chi connectivity index (χ1v) is 7.81. The van der Waals surface area contributed by atoms with E-state index in [1.54, 1.807) is 0 Å². The van der Waals surface area contributed by atoms with Gasteiger partial charge >= 0.3 is 0 Å². The summed E-state index contributed by atoms with van der Waals surface area (Å²) >= 11 is 0. The lowest BCUT2D eigenvalue weighted by molar-refractivity contribution is -0.140. The van der Waals surface area contributed by atoms with E-state index in [9.17, 15) is 9.59 Å². The predicted octanol–water partition coefficient (Wildman–Crippen LogP) is -0.268. The molecule has 21 heavy (non-hydrogen) atoms.